The molecule has 236 valence electrons. The van der Waals surface area contributed by atoms with Crippen LogP contribution in [0.15, 0.2) is 60.8 Å². The minimum atomic E-state index is -4.94. The van der Waals surface area contributed by atoms with E-state index in [-0.39, 0.29) is 48.0 Å². The van der Waals surface area contributed by atoms with E-state index in [1.165, 1.54) is 18.2 Å². The summed E-state index contributed by atoms with van der Waals surface area (Å²) in [5.74, 6) is -0.935. The summed E-state index contributed by atoms with van der Waals surface area (Å²) < 4.78 is 70.2. The minimum Gasteiger partial charge on any atom is -0.422 e. The summed E-state index contributed by atoms with van der Waals surface area (Å²) in [6.07, 6.45) is 5.79. The number of imide groups is 1. The summed E-state index contributed by atoms with van der Waals surface area (Å²) >= 11 is 0.304. The highest BCUT2D eigenvalue weighted by molar-refractivity contribution is 7.89. The first-order chi connectivity index (χ1) is 20.6. The quantitative estimate of drug-likeness (QED) is 0.0845. The average Bonchev–Trinajstić information content (AvgIpc) is 3.52. The lowest BCUT2D eigenvalue weighted by Gasteiger charge is -2.16. The molecule has 3 amide bonds. The molecule has 0 saturated carbocycles. The number of unbranched alkanes of at least 4 members (excludes halogenated alkanes) is 2. The highest BCUT2D eigenvalue weighted by Gasteiger charge is 2.28. The first kappa shape index (κ1) is 33.0. The third kappa shape index (κ3) is 8.17. The molecule has 1 aliphatic heterocycles. The van der Waals surface area contributed by atoms with Gasteiger partial charge in [0.15, 0.2) is 0 Å². The van der Waals surface area contributed by atoms with Gasteiger partial charge in [-0.15, -0.1) is 11.3 Å². The molecular formula is C27H29N3O11S3. The normalized spacial score (nSPS) is 14.4. The van der Waals surface area contributed by atoms with Crippen LogP contribution in [0.3, 0.4) is 0 Å². The van der Waals surface area contributed by atoms with Crippen LogP contribution in [0.4, 0.5) is 5.69 Å². The van der Waals surface area contributed by atoms with Crippen LogP contribution < -0.4 is 16.3 Å². The van der Waals surface area contributed by atoms with Crippen LogP contribution in [0.25, 0.3) is 21.4 Å². The number of thiophene rings is 1. The smallest absolute Gasteiger partial charge is 0.345 e. The Kier molecular flexibility index (Phi) is 10.0. The molecule has 4 N–H and O–H groups in total. The molecule has 1 atom stereocenters. The summed E-state index contributed by atoms with van der Waals surface area (Å²) in [5, 5.41) is 6.40. The average molecular weight is 668 g/mol. The number of fused-ring (bicyclic) bond motifs is 1. The third-order valence-electron chi connectivity index (χ3n) is 6.70. The highest BCUT2D eigenvalue weighted by atomic mass is 32.3. The Morgan fingerprint density at radius 2 is 1.68 bits per heavy atom. The van der Waals surface area contributed by atoms with Crippen molar-refractivity contribution < 1.29 is 44.7 Å². The van der Waals surface area contributed by atoms with Crippen molar-refractivity contribution in [2.75, 3.05) is 18.4 Å². The Morgan fingerprint density at radius 3 is 2.34 bits per heavy atom. The maximum Gasteiger partial charge on any atom is 0.345 e. The molecular weight excluding hydrogens is 639 g/mol. The predicted octanol–water partition coefficient (Wildman–Crippen LogP) is 2.81. The molecule has 0 spiro atoms. The lowest BCUT2D eigenvalue weighted by Crippen LogP contribution is -2.38. The fraction of sp³-hybridized carbons (Fsp3) is 0.333. The van der Waals surface area contributed by atoms with E-state index in [1.54, 1.807) is 18.2 Å². The fourth-order valence-electron chi connectivity index (χ4n) is 4.54. The van der Waals surface area contributed by atoms with Gasteiger partial charge >= 0.3 is 15.7 Å². The van der Waals surface area contributed by atoms with E-state index in [2.05, 4.69) is 10.6 Å². The van der Waals surface area contributed by atoms with Crippen molar-refractivity contribution in [3.8, 4) is 10.4 Å². The van der Waals surface area contributed by atoms with Crippen LogP contribution in [0, 0.1) is 0 Å². The van der Waals surface area contributed by atoms with Crippen LogP contribution in [0.2, 0.25) is 0 Å². The second-order valence-electron chi connectivity index (χ2n) is 10.1. The first-order valence-electron chi connectivity index (χ1n) is 13.4. The molecule has 14 nitrogen and oxygen atoms in total. The molecule has 3 heterocycles. The van der Waals surface area contributed by atoms with Crippen LogP contribution in [0.1, 0.15) is 39.0 Å². The van der Waals surface area contributed by atoms with Gasteiger partial charge in [-0.1, -0.05) is 12.8 Å². The molecule has 0 saturated heterocycles. The van der Waals surface area contributed by atoms with Crippen LogP contribution in [-0.2, 0) is 34.6 Å². The third-order valence-corrected chi connectivity index (χ3v) is 10.2. The molecule has 1 aliphatic rings. The predicted molar refractivity (Wildman–Crippen MR) is 160 cm³/mol. The number of rotatable bonds is 14. The summed E-state index contributed by atoms with van der Waals surface area (Å²) in [5.41, 5.74) is -0.456. The Labute approximate surface area is 256 Å². The van der Waals surface area contributed by atoms with E-state index in [0.29, 0.717) is 41.3 Å². The Bertz CT molecular complexity index is 1890. The summed E-state index contributed by atoms with van der Waals surface area (Å²) in [6, 6.07) is 6.82. The zero-order valence-electron chi connectivity index (χ0n) is 23.3. The number of nitrogens with zero attached hydrogens (tertiary/aromatic N) is 1. The number of carbonyl (C=O) groups is 3. The van der Waals surface area contributed by atoms with Gasteiger partial charge in [0.2, 0.25) is 5.91 Å². The lowest BCUT2D eigenvalue weighted by atomic mass is 10.1. The SMILES string of the molecule is CC(CCCCCC(=O)NCCN1C(=O)C=CC1=O)Nc1ccc2cc(-c3sc(S(=O)(=O)O)cc3S(=O)(=O)O)c(=O)oc2c1. The molecule has 3 aromatic rings. The number of nitrogens with one attached hydrogen (secondary N) is 2. The van der Waals surface area contributed by atoms with Gasteiger partial charge in [-0.25, -0.2) is 4.79 Å². The van der Waals surface area contributed by atoms with E-state index in [0.717, 1.165) is 24.2 Å². The van der Waals surface area contributed by atoms with Gasteiger partial charge < -0.3 is 15.1 Å². The standard InChI is InChI=1S/C27H29N3O11S3/c1-16(5-3-2-4-6-22(31)28-11-12-30-23(32)9-10-24(30)33)29-18-8-7-17-13-19(27(34)41-20(17)14-18)26-21(43(35,36)37)15-25(42-26)44(38,39)40/h7-10,13-16,29H,2-6,11-12H2,1H3,(H,28,31)(H,35,36,37)(H,38,39,40). The molecule has 0 aliphatic carbocycles. The van der Waals surface area contributed by atoms with Crippen molar-refractivity contribution in [3.63, 3.8) is 0 Å². The number of benzene rings is 1. The van der Waals surface area contributed by atoms with E-state index in [9.17, 15) is 45.1 Å². The van der Waals surface area contributed by atoms with Crippen molar-refractivity contribution in [3.05, 3.63) is 52.9 Å². The number of hydrogen-bond acceptors (Lipinski definition) is 11. The minimum absolute atomic E-state index is 0.0266. The molecule has 0 bridgehead atoms. The first-order valence-corrected chi connectivity index (χ1v) is 17.1. The fourth-order valence-corrected chi connectivity index (χ4v) is 7.46. The lowest BCUT2D eigenvalue weighted by molar-refractivity contribution is -0.137. The largest absolute Gasteiger partial charge is 0.422 e. The van der Waals surface area contributed by atoms with Crippen molar-refractivity contribution in [2.45, 2.75) is 54.2 Å². The van der Waals surface area contributed by atoms with Crippen molar-refractivity contribution in [2.24, 2.45) is 0 Å². The molecule has 0 radical (unpaired) electrons. The number of carbonyl (C=O) groups excluding carboxylic acids is 3. The molecule has 1 aromatic carbocycles. The Morgan fingerprint density at radius 1 is 0.977 bits per heavy atom. The van der Waals surface area contributed by atoms with E-state index < -0.39 is 39.8 Å². The number of hydrogen-bond donors (Lipinski definition) is 4. The summed E-state index contributed by atoms with van der Waals surface area (Å²) in [4.78, 5) is 47.6. The van der Waals surface area contributed by atoms with Crippen molar-refractivity contribution in [1.82, 2.24) is 10.2 Å². The number of anilines is 1. The molecule has 2 aromatic heterocycles. The molecule has 0 fully saturated rings. The Hall–Kier alpha value is -3.90. The Balaban J connectivity index is 1.29. The number of amides is 3. The van der Waals surface area contributed by atoms with Crippen molar-refractivity contribution in [1.29, 1.82) is 0 Å². The van der Waals surface area contributed by atoms with E-state index in [4.69, 9.17) is 4.42 Å². The molecule has 4 rings (SSSR count). The van der Waals surface area contributed by atoms with Crippen LogP contribution in [0.5, 0.6) is 0 Å². The summed E-state index contributed by atoms with van der Waals surface area (Å²) in [7, 11) is -9.74. The van der Waals surface area contributed by atoms with Crippen molar-refractivity contribution >= 4 is 66.0 Å². The molecule has 44 heavy (non-hydrogen) atoms. The zero-order valence-corrected chi connectivity index (χ0v) is 25.8. The monoisotopic (exact) mass is 667 g/mol. The topological polar surface area (TPSA) is 217 Å². The summed E-state index contributed by atoms with van der Waals surface area (Å²) in [6.45, 7) is 2.29. The maximum absolute atomic E-state index is 12.8. The second kappa shape index (κ2) is 13.4. The van der Waals surface area contributed by atoms with E-state index >= 15 is 0 Å². The van der Waals surface area contributed by atoms with Gasteiger partial charge in [0.1, 0.15) is 14.7 Å². The second-order valence-corrected chi connectivity index (χ2v) is 14.2. The van der Waals surface area contributed by atoms with Gasteiger partial charge in [0.25, 0.3) is 21.9 Å². The maximum atomic E-state index is 12.8. The van der Waals surface area contributed by atoms with Crippen LogP contribution in [-0.4, -0.2) is 67.7 Å². The van der Waals surface area contributed by atoms with Gasteiger partial charge in [-0.05, 0) is 44.0 Å². The molecule has 1 unspecified atom stereocenters. The van der Waals surface area contributed by atoms with Crippen LogP contribution >= 0.6 is 11.3 Å². The highest BCUT2D eigenvalue weighted by Crippen LogP contribution is 2.37. The zero-order chi connectivity index (χ0) is 32.2. The van der Waals surface area contributed by atoms with Gasteiger partial charge in [0.05, 0.1) is 10.4 Å². The molecule has 17 heteroatoms. The van der Waals surface area contributed by atoms with E-state index in [1.807, 2.05) is 6.92 Å². The van der Waals surface area contributed by atoms with Gasteiger partial charge in [-0.2, -0.15) is 16.8 Å². The van der Waals surface area contributed by atoms with Gasteiger partial charge in [-0.3, -0.25) is 28.4 Å². The van der Waals surface area contributed by atoms with Gasteiger partial charge in [0, 0.05) is 54.8 Å².